The van der Waals surface area contributed by atoms with E-state index in [0.717, 1.165) is 4.57 Å². The smallest absolute Gasteiger partial charge is 0.280 e. The molecular weight excluding hydrogens is 314 g/mol. The van der Waals surface area contributed by atoms with Gasteiger partial charge in [0.05, 0.1) is 10.5 Å². The molecule has 2 aromatic rings. The summed E-state index contributed by atoms with van der Waals surface area (Å²) in [5.74, 6) is -1.43. The van der Waals surface area contributed by atoms with E-state index in [1.807, 2.05) is 0 Å². The van der Waals surface area contributed by atoms with Crippen LogP contribution in [0, 0.1) is 28.4 Å². The van der Waals surface area contributed by atoms with Crippen LogP contribution in [0.1, 0.15) is 34.0 Å². The summed E-state index contributed by atoms with van der Waals surface area (Å²) in [5, 5.41) is 30.6. The van der Waals surface area contributed by atoms with E-state index >= 15 is 0 Å². The van der Waals surface area contributed by atoms with Crippen LogP contribution >= 0.6 is 0 Å². The van der Waals surface area contributed by atoms with Crippen LogP contribution in [0.3, 0.4) is 0 Å². The molecule has 1 heterocycles. The van der Waals surface area contributed by atoms with Crippen LogP contribution in [-0.2, 0) is 6.54 Å². The van der Waals surface area contributed by atoms with Crippen molar-refractivity contribution in [1.82, 2.24) is 4.57 Å². The van der Waals surface area contributed by atoms with Crippen LogP contribution in [0.25, 0.3) is 0 Å². The van der Waals surface area contributed by atoms with E-state index in [-0.39, 0.29) is 28.8 Å². The molecule has 0 atom stereocenters. The number of aromatic hydroxyl groups is 1. The SMILES string of the molecule is CCn1c(O)c(C(=O)c2ccccc2[N+](=O)[O-])c(C)c(C#N)c1=O. The number of benzene rings is 1. The monoisotopic (exact) mass is 327 g/mol. The first-order chi connectivity index (χ1) is 11.3. The first kappa shape index (κ1) is 16.9. The molecule has 0 bridgehead atoms. The largest absolute Gasteiger partial charge is 0.494 e. The van der Waals surface area contributed by atoms with Crippen LogP contribution in [0.4, 0.5) is 5.69 Å². The number of rotatable bonds is 4. The van der Waals surface area contributed by atoms with E-state index in [2.05, 4.69) is 0 Å². The highest BCUT2D eigenvalue weighted by molar-refractivity contribution is 6.13. The molecular formula is C16H13N3O5. The van der Waals surface area contributed by atoms with Gasteiger partial charge in [-0.2, -0.15) is 5.26 Å². The molecule has 0 amide bonds. The molecule has 0 saturated heterocycles. The Morgan fingerprint density at radius 2 is 2.04 bits per heavy atom. The lowest BCUT2D eigenvalue weighted by molar-refractivity contribution is -0.385. The third-order valence-corrected chi connectivity index (χ3v) is 3.69. The Morgan fingerprint density at radius 3 is 2.58 bits per heavy atom. The third-order valence-electron chi connectivity index (χ3n) is 3.69. The minimum absolute atomic E-state index is 0.00662. The predicted molar refractivity (Wildman–Crippen MR) is 84.0 cm³/mol. The lowest BCUT2D eigenvalue weighted by atomic mass is 9.96. The summed E-state index contributed by atoms with van der Waals surface area (Å²) in [4.78, 5) is 35.3. The van der Waals surface area contributed by atoms with Crippen molar-refractivity contribution in [2.75, 3.05) is 0 Å². The molecule has 1 aromatic carbocycles. The maximum atomic E-state index is 12.8. The molecule has 0 aliphatic heterocycles. The highest BCUT2D eigenvalue weighted by Crippen LogP contribution is 2.28. The van der Waals surface area contributed by atoms with Gasteiger partial charge in [0.25, 0.3) is 11.2 Å². The molecule has 24 heavy (non-hydrogen) atoms. The highest BCUT2D eigenvalue weighted by atomic mass is 16.6. The van der Waals surface area contributed by atoms with E-state index in [0.29, 0.717) is 0 Å². The summed E-state index contributed by atoms with van der Waals surface area (Å²) in [6.07, 6.45) is 0. The van der Waals surface area contributed by atoms with Gasteiger partial charge in [-0.05, 0) is 25.5 Å². The van der Waals surface area contributed by atoms with Gasteiger partial charge in [-0.3, -0.25) is 24.3 Å². The Labute approximate surface area is 136 Å². The summed E-state index contributed by atoms with van der Waals surface area (Å²) >= 11 is 0. The number of hydrogen-bond donors (Lipinski definition) is 1. The van der Waals surface area contributed by atoms with Crippen molar-refractivity contribution in [2.45, 2.75) is 20.4 Å². The quantitative estimate of drug-likeness (QED) is 0.519. The number of hydrogen-bond acceptors (Lipinski definition) is 6. The van der Waals surface area contributed by atoms with Gasteiger partial charge in [0.15, 0.2) is 0 Å². The molecule has 0 unspecified atom stereocenters. The molecule has 0 aliphatic rings. The molecule has 8 heteroatoms. The van der Waals surface area contributed by atoms with Crippen LogP contribution in [0.5, 0.6) is 5.88 Å². The van der Waals surface area contributed by atoms with Crippen molar-refractivity contribution in [1.29, 1.82) is 5.26 Å². The van der Waals surface area contributed by atoms with Crippen molar-refractivity contribution in [3.05, 3.63) is 67.0 Å². The fourth-order valence-corrected chi connectivity index (χ4v) is 2.48. The van der Waals surface area contributed by atoms with Crippen molar-refractivity contribution < 1.29 is 14.8 Å². The number of aromatic nitrogens is 1. The van der Waals surface area contributed by atoms with E-state index < -0.39 is 27.8 Å². The zero-order chi connectivity index (χ0) is 18.0. The molecule has 2 rings (SSSR count). The number of nitro groups is 1. The number of carbonyl (C=O) groups is 1. The van der Waals surface area contributed by atoms with Gasteiger partial charge in [0.2, 0.25) is 11.7 Å². The molecule has 1 aromatic heterocycles. The van der Waals surface area contributed by atoms with E-state index in [4.69, 9.17) is 5.26 Å². The van der Waals surface area contributed by atoms with Crippen LogP contribution in [-0.4, -0.2) is 20.4 Å². The Bertz CT molecular complexity index is 953. The Hall–Kier alpha value is -3.47. The number of pyridine rings is 1. The molecule has 0 saturated carbocycles. The van der Waals surface area contributed by atoms with E-state index in [1.165, 1.54) is 31.2 Å². The second-order valence-electron chi connectivity index (χ2n) is 4.96. The summed E-state index contributed by atoms with van der Waals surface area (Å²) in [6, 6.07) is 7.01. The number of nitro benzene ring substituents is 1. The van der Waals surface area contributed by atoms with Crippen molar-refractivity contribution in [3.63, 3.8) is 0 Å². The zero-order valence-electron chi connectivity index (χ0n) is 12.9. The van der Waals surface area contributed by atoms with Crippen molar-refractivity contribution in [2.24, 2.45) is 0 Å². The van der Waals surface area contributed by atoms with Crippen molar-refractivity contribution >= 4 is 11.5 Å². The van der Waals surface area contributed by atoms with Gasteiger partial charge in [0.1, 0.15) is 17.2 Å². The van der Waals surface area contributed by atoms with Gasteiger partial charge in [-0.1, -0.05) is 12.1 Å². The Morgan fingerprint density at radius 1 is 1.42 bits per heavy atom. The van der Waals surface area contributed by atoms with Crippen LogP contribution in [0.2, 0.25) is 0 Å². The first-order valence-corrected chi connectivity index (χ1v) is 6.99. The predicted octanol–water partition coefficient (Wildman–Crippen LogP) is 1.89. The fraction of sp³-hybridized carbons (Fsp3) is 0.188. The molecule has 0 fully saturated rings. The molecule has 0 aliphatic carbocycles. The summed E-state index contributed by atoms with van der Waals surface area (Å²) < 4.78 is 0.882. The normalized spacial score (nSPS) is 10.2. The summed E-state index contributed by atoms with van der Waals surface area (Å²) in [6.45, 7) is 2.95. The average molecular weight is 327 g/mol. The molecule has 0 radical (unpaired) electrons. The highest BCUT2D eigenvalue weighted by Gasteiger charge is 2.28. The fourth-order valence-electron chi connectivity index (χ4n) is 2.48. The second-order valence-corrected chi connectivity index (χ2v) is 4.96. The third kappa shape index (κ3) is 2.52. The number of carbonyl (C=O) groups excluding carboxylic acids is 1. The lowest BCUT2D eigenvalue weighted by Gasteiger charge is -2.14. The number of nitriles is 1. The van der Waals surface area contributed by atoms with Gasteiger partial charge in [-0.15, -0.1) is 0 Å². The average Bonchev–Trinajstić information content (AvgIpc) is 2.55. The molecule has 8 nitrogen and oxygen atoms in total. The summed E-state index contributed by atoms with van der Waals surface area (Å²) in [7, 11) is 0. The molecule has 0 spiro atoms. The van der Waals surface area contributed by atoms with Gasteiger partial charge >= 0.3 is 0 Å². The van der Waals surface area contributed by atoms with E-state index in [1.54, 1.807) is 13.0 Å². The van der Waals surface area contributed by atoms with Crippen molar-refractivity contribution in [3.8, 4) is 11.9 Å². The lowest BCUT2D eigenvalue weighted by Crippen LogP contribution is -2.26. The van der Waals surface area contributed by atoms with Crippen LogP contribution < -0.4 is 5.56 Å². The van der Waals surface area contributed by atoms with Crippen LogP contribution in [0.15, 0.2) is 29.1 Å². The van der Waals surface area contributed by atoms with Gasteiger partial charge in [-0.25, -0.2) is 0 Å². The maximum Gasteiger partial charge on any atom is 0.280 e. The maximum absolute atomic E-state index is 12.8. The second kappa shape index (κ2) is 6.34. The minimum Gasteiger partial charge on any atom is -0.494 e. The number of para-hydroxylation sites is 1. The summed E-state index contributed by atoms with van der Waals surface area (Å²) in [5.41, 5.74) is -1.94. The topological polar surface area (TPSA) is 126 Å². The standard InChI is InChI=1S/C16H13N3O5/c1-3-18-15(21)11(8-17)9(2)13(16(18)22)14(20)10-6-4-5-7-12(10)19(23)24/h4-7,22H,3H2,1-2H3. The number of nitrogens with zero attached hydrogens (tertiary/aromatic N) is 3. The Balaban J connectivity index is 2.84. The molecule has 1 N–H and O–H groups in total. The van der Waals surface area contributed by atoms with Gasteiger partial charge in [0, 0.05) is 12.6 Å². The van der Waals surface area contributed by atoms with Gasteiger partial charge < -0.3 is 5.11 Å². The Kier molecular flexibility index (Phi) is 4.46. The minimum atomic E-state index is -0.823. The number of ketones is 1. The zero-order valence-corrected chi connectivity index (χ0v) is 12.9. The molecule has 122 valence electrons. The van der Waals surface area contributed by atoms with E-state index in [9.17, 15) is 24.8 Å². The first-order valence-electron chi connectivity index (χ1n) is 6.99.